The van der Waals surface area contributed by atoms with Crippen LogP contribution in [0.2, 0.25) is 5.04 Å². The highest BCUT2D eigenvalue weighted by Gasteiger charge is 2.50. The number of imide groups is 2. The van der Waals surface area contributed by atoms with Crippen LogP contribution in [0.15, 0.2) is 78.9 Å². The smallest absolute Gasteiger partial charge is 0.264 e. The summed E-state index contributed by atoms with van der Waals surface area (Å²) < 4.78 is 62.9. The van der Waals surface area contributed by atoms with E-state index in [2.05, 4.69) is 79.9 Å². The lowest BCUT2D eigenvalue weighted by atomic mass is 10.0. The topological polar surface area (TPSA) is 214 Å². The van der Waals surface area contributed by atoms with E-state index >= 15 is 0 Å². The predicted octanol–water partition coefficient (Wildman–Crippen LogP) is 4.33. The van der Waals surface area contributed by atoms with Crippen molar-refractivity contribution >= 4 is 53.9 Å². The molecule has 19 nitrogen and oxygen atoms in total. The number of nitrogens with one attached hydrogen (secondary N) is 2. The summed E-state index contributed by atoms with van der Waals surface area (Å²) in [7, 11) is -2.56. The molecule has 5 amide bonds. The van der Waals surface area contributed by atoms with Gasteiger partial charge < -0.3 is 57.1 Å². The van der Waals surface area contributed by atoms with E-state index in [9.17, 15) is 24.0 Å². The van der Waals surface area contributed by atoms with Crippen molar-refractivity contribution in [1.29, 1.82) is 0 Å². The molecule has 1 fully saturated rings. The van der Waals surface area contributed by atoms with Crippen molar-refractivity contribution in [2.24, 2.45) is 0 Å². The Hall–Kier alpha value is -4.81. The number of anilines is 1. The monoisotopic (exact) mass is 1070 g/mol. The summed E-state index contributed by atoms with van der Waals surface area (Å²) in [6, 6.07) is 24.7. The zero-order chi connectivity index (χ0) is 53.4. The highest BCUT2D eigenvalue weighted by molar-refractivity contribution is 6.99. The number of fused-ring (bicyclic) bond motifs is 1. The Labute approximate surface area is 442 Å². The van der Waals surface area contributed by atoms with Gasteiger partial charge in [0.25, 0.3) is 20.1 Å². The fourth-order valence-corrected chi connectivity index (χ4v) is 13.1. The number of hydrogen-bond donors (Lipinski definition) is 2. The molecule has 5 rings (SSSR count). The molecule has 1 atom stereocenters. The summed E-state index contributed by atoms with van der Waals surface area (Å²) in [5.41, 5.74) is 0.377. The number of nitrogens with zero attached hydrogens (tertiary/aromatic N) is 1. The average molecular weight is 1070 g/mol. The van der Waals surface area contributed by atoms with Crippen LogP contribution >= 0.6 is 0 Å². The van der Waals surface area contributed by atoms with Crippen LogP contribution < -0.4 is 21.0 Å². The Balaban J connectivity index is 0.712. The van der Waals surface area contributed by atoms with Crippen molar-refractivity contribution < 1.29 is 75.8 Å². The molecule has 20 heteroatoms. The number of piperidine rings is 1. The van der Waals surface area contributed by atoms with Crippen LogP contribution in [-0.2, 0) is 66.2 Å². The summed E-state index contributed by atoms with van der Waals surface area (Å²) in [5, 5.41) is 7.35. The number of benzene rings is 3. The molecule has 1 saturated heterocycles. The third kappa shape index (κ3) is 20.6. The number of carbonyl (C=O) groups is 5. The van der Waals surface area contributed by atoms with E-state index in [0.717, 1.165) is 17.7 Å². The minimum Gasteiger partial charge on any atom is -0.405 e. The van der Waals surface area contributed by atoms with Gasteiger partial charge in [0.1, 0.15) is 6.04 Å². The van der Waals surface area contributed by atoms with E-state index in [1.165, 1.54) is 16.4 Å². The van der Waals surface area contributed by atoms with Crippen LogP contribution in [0.4, 0.5) is 5.69 Å². The van der Waals surface area contributed by atoms with Gasteiger partial charge in [0.2, 0.25) is 17.7 Å². The minimum atomic E-state index is -2.56. The summed E-state index contributed by atoms with van der Waals surface area (Å²) in [6.45, 7) is 16.7. The molecule has 75 heavy (non-hydrogen) atoms. The highest BCUT2D eigenvalue weighted by atomic mass is 28.4. The van der Waals surface area contributed by atoms with Gasteiger partial charge in [-0.1, -0.05) is 93.9 Å². The van der Waals surface area contributed by atoms with E-state index in [-0.39, 0.29) is 47.0 Å². The lowest BCUT2D eigenvalue weighted by molar-refractivity contribution is -0.136. The number of unbranched alkanes of at least 4 members (excludes halogenated alkanes) is 2. The van der Waals surface area contributed by atoms with E-state index in [1.54, 1.807) is 12.1 Å². The van der Waals surface area contributed by atoms with E-state index in [0.29, 0.717) is 145 Å². The van der Waals surface area contributed by atoms with Crippen LogP contribution in [0.5, 0.6) is 0 Å². The standard InChI is InChI=1S/C55H79N3O16Si/c1-55(2,3)75(44-14-7-4-8-15-44,45-16-9-5-10-17-45)74-43-42-73-41-40-72-39-38-71-37-36-70-35-34-69-33-32-68-31-30-67-29-28-66-27-26-65-25-24-64-23-12-6-11-20-49(59)56-47-19-13-18-46-51(47)54(63)58(53(46)62)48-21-22-50(60)57-52(48)61/h4-5,7-10,13-19,48H,6,11-12,20-43H2,1-3H3,(H,56,59)(H,57,60,61). The van der Waals surface area contributed by atoms with Gasteiger partial charge in [-0.25, -0.2) is 0 Å². The van der Waals surface area contributed by atoms with Gasteiger partial charge in [0, 0.05) is 19.4 Å². The molecule has 0 aliphatic carbocycles. The van der Waals surface area contributed by atoms with Crippen LogP contribution in [0.25, 0.3) is 0 Å². The molecule has 1 unspecified atom stereocenters. The van der Waals surface area contributed by atoms with Crippen LogP contribution in [0.1, 0.15) is 80.0 Å². The van der Waals surface area contributed by atoms with Crippen molar-refractivity contribution in [3.05, 3.63) is 90.0 Å². The van der Waals surface area contributed by atoms with Gasteiger partial charge >= 0.3 is 0 Å². The SMILES string of the molecule is CC(C)(C)[Si](OCCOCCOCCOCCOCCOCCOCCOCCOCCOCCOCCCCCC(=O)Nc1cccc2c1C(=O)N(C1CCC(=O)NC1=O)C2=O)(c1ccccc1)c1ccccc1. The number of rotatable bonds is 41. The van der Waals surface area contributed by atoms with Crippen LogP contribution in [-0.4, -0.2) is 188 Å². The third-order valence-electron chi connectivity index (χ3n) is 12.2. The molecular weight excluding hydrogens is 987 g/mol. The van der Waals surface area contributed by atoms with Gasteiger partial charge in [-0.15, -0.1) is 0 Å². The maximum atomic E-state index is 13.2. The zero-order valence-electron chi connectivity index (χ0n) is 44.2. The number of amides is 5. The molecule has 0 spiro atoms. The van der Waals surface area contributed by atoms with Gasteiger partial charge in [-0.2, -0.15) is 0 Å². The quantitative estimate of drug-likeness (QED) is 0.0460. The summed E-state index contributed by atoms with van der Waals surface area (Å²) >= 11 is 0. The fraction of sp³-hybridized carbons (Fsp3) is 0.582. The number of hydrogen-bond acceptors (Lipinski definition) is 16. The zero-order valence-corrected chi connectivity index (χ0v) is 45.2. The second-order valence-electron chi connectivity index (χ2n) is 18.7. The molecule has 2 N–H and O–H groups in total. The van der Waals surface area contributed by atoms with Crippen molar-refractivity contribution in [2.45, 2.75) is 70.4 Å². The normalized spacial score (nSPS) is 14.9. The predicted molar refractivity (Wildman–Crippen MR) is 282 cm³/mol. The average Bonchev–Trinajstić information content (AvgIpc) is 3.66. The van der Waals surface area contributed by atoms with Gasteiger partial charge in [0.05, 0.1) is 149 Å². The van der Waals surface area contributed by atoms with Gasteiger partial charge in [-0.05, 0) is 46.8 Å². The minimum absolute atomic E-state index is 0.0256. The fourth-order valence-electron chi connectivity index (χ4n) is 8.59. The second-order valence-corrected chi connectivity index (χ2v) is 23.0. The van der Waals surface area contributed by atoms with Gasteiger partial charge in [0.15, 0.2) is 0 Å². The molecule has 0 radical (unpaired) electrons. The first-order valence-corrected chi connectivity index (χ1v) is 28.1. The lowest BCUT2D eigenvalue weighted by Crippen LogP contribution is -2.66. The second kappa shape index (κ2) is 34.8. The molecular formula is C55H79N3O16Si. The van der Waals surface area contributed by atoms with E-state index < -0.39 is 38.0 Å². The van der Waals surface area contributed by atoms with Crippen molar-refractivity contribution in [3.63, 3.8) is 0 Å². The van der Waals surface area contributed by atoms with Crippen molar-refractivity contribution in [1.82, 2.24) is 10.2 Å². The van der Waals surface area contributed by atoms with Crippen molar-refractivity contribution in [3.8, 4) is 0 Å². The first-order chi connectivity index (χ1) is 36.5. The van der Waals surface area contributed by atoms with Crippen LogP contribution in [0, 0.1) is 0 Å². The summed E-state index contributed by atoms with van der Waals surface area (Å²) in [5.74, 6) is -2.72. The molecule has 2 aliphatic heterocycles. The maximum Gasteiger partial charge on any atom is 0.264 e. The number of ether oxygens (including phenoxy) is 10. The molecule has 3 aromatic rings. The number of carbonyl (C=O) groups excluding carboxylic acids is 5. The van der Waals surface area contributed by atoms with E-state index in [4.69, 9.17) is 51.8 Å². The molecule has 0 bridgehead atoms. The Morgan fingerprint density at radius 3 is 1.39 bits per heavy atom. The Kier molecular flexibility index (Phi) is 28.3. The first kappa shape index (κ1) is 61.0. The van der Waals surface area contributed by atoms with Crippen LogP contribution in [0.3, 0.4) is 0 Å². The largest absolute Gasteiger partial charge is 0.405 e. The first-order valence-electron chi connectivity index (χ1n) is 26.2. The molecule has 0 aromatic heterocycles. The van der Waals surface area contributed by atoms with Gasteiger partial charge in [-0.3, -0.25) is 34.2 Å². The Morgan fingerprint density at radius 2 is 0.960 bits per heavy atom. The van der Waals surface area contributed by atoms with Crippen molar-refractivity contribution in [2.75, 3.05) is 144 Å². The molecule has 2 heterocycles. The Bertz CT molecular complexity index is 2110. The Morgan fingerprint density at radius 1 is 0.533 bits per heavy atom. The molecule has 2 aliphatic rings. The summed E-state index contributed by atoms with van der Waals surface area (Å²) in [6.07, 6.45) is 2.43. The third-order valence-corrected chi connectivity index (χ3v) is 17.3. The molecule has 3 aromatic carbocycles. The highest BCUT2D eigenvalue weighted by Crippen LogP contribution is 2.37. The molecule has 414 valence electrons. The molecule has 0 saturated carbocycles. The lowest BCUT2D eigenvalue weighted by Gasteiger charge is -2.43. The van der Waals surface area contributed by atoms with E-state index in [1.807, 2.05) is 12.1 Å². The summed E-state index contributed by atoms with van der Waals surface area (Å²) in [4.78, 5) is 63.7. The maximum absolute atomic E-state index is 13.2.